The molecule has 3 aromatic rings. The molecular formula is C24H25NO5. The molecule has 0 saturated carbocycles. The van der Waals surface area contributed by atoms with Crippen molar-refractivity contribution in [1.29, 1.82) is 0 Å². The molecule has 30 heavy (non-hydrogen) atoms. The highest BCUT2D eigenvalue weighted by molar-refractivity contribution is 6.00. The van der Waals surface area contributed by atoms with Gasteiger partial charge in [0.25, 0.3) is 0 Å². The molecule has 0 N–H and O–H groups in total. The zero-order chi connectivity index (χ0) is 20.8. The van der Waals surface area contributed by atoms with Crippen molar-refractivity contribution in [1.82, 2.24) is 5.16 Å². The van der Waals surface area contributed by atoms with Gasteiger partial charge in [0.2, 0.25) is 0 Å². The molecule has 1 fully saturated rings. The first-order valence-electron chi connectivity index (χ1n) is 10.2. The molecule has 6 heteroatoms. The fourth-order valence-corrected chi connectivity index (χ4v) is 3.46. The Labute approximate surface area is 175 Å². The van der Waals surface area contributed by atoms with Crippen LogP contribution in [0, 0.1) is 0 Å². The summed E-state index contributed by atoms with van der Waals surface area (Å²) in [6.07, 6.45) is 1.96. The molecule has 0 amide bonds. The third-order valence-corrected chi connectivity index (χ3v) is 5.05. The molecular weight excluding hydrogens is 382 g/mol. The van der Waals surface area contributed by atoms with Gasteiger partial charge in [0.15, 0.2) is 11.5 Å². The Kier molecular flexibility index (Phi) is 6.57. The van der Waals surface area contributed by atoms with Crippen LogP contribution in [0.3, 0.4) is 0 Å². The number of Topliss-reactive ketones (excluding diaryl/α,β-unsaturated/α-hetero) is 1. The van der Waals surface area contributed by atoms with Crippen molar-refractivity contribution in [2.75, 3.05) is 13.2 Å². The maximum absolute atomic E-state index is 12.3. The van der Waals surface area contributed by atoms with E-state index < -0.39 is 0 Å². The summed E-state index contributed by atoms with van der Waals surface area (Å²) in [4.78, 5) is 12.3. The van der Waals surface area contributed by atoms with Crippen LogP contribution < -0.4 is 4.74 Å². The summed E-state index contributed by atoms with van der Waals surface area (Å²) in [6.45, 7) is 3.58. The molecule has 6 nitrogen and oxygen atoms in total. The molecule has 1 saturated heterocycles. The van der Waals surface area contributed by atoms with Gasteiger partial charge < -0.3 is 18.7 Å². The number of nitrogens with zero attached hydrogens (tertiary/aromatic N) is 1. The number of carbonyl (C=O) groups is 1. The molecule has 0 aliphatic carbocycles. The second kappa shape index (κ2) is 9.69. The summed E-state index contributed by atoms with van der Waals surface area (Å²) in [5.74, 6) is 1.09. The Balaban J connectivity index is 1.44. The van der Waals surface area contributed by atoms with Crippen LogP contribution in [-0.2, 0) is 22.7 Å². The van der Waals surface area contributed by atoms with Crippen LogP contribution in [0.2, 0.25) is 0 Å². The lowest BCUT2D eigenvalue weighted by atomic mass is 10.0. The topological polar surface area (TPSA) is 70.8 Å². The molecule has 1 aromatic heterocycles. The molecule has 1 atom stereocenters. The van der Waals surface area contributed by atoms with Gasteiger partial charge in [-0.2, -0.15) is 0 Å². The van der Waals surface area contributed by atoms with Crippen LogP contribution in [-0.4, -0.2) is 30.3 Å². The molecule has 4 rings (SSSR count). The number of hydrogen-bond donors (Lipinski definition) is 0. The van der Waals surface area contributed by atoms with Gasteiger partial charge in [-0.15, -0.1) is 0 Å². The van der Waals surface area contributed by atoms with E-state index in [1.54, 1.807) is 0 Å². The Morgan fingerprint density at radius 3 is 2.60 bits per heavy atom. The zero-order valence-corrected chi connectivity index (χ0v) is 17.0. The number of rotatable bonds is 8. The summed E-state index contributed by atoms with van der Waals surface area (Å²) in [5.41, 5.74) is 2.85. The number of ether oxygens (including phenoxy) is 3. The van der Waals surface area contributed by atoms with E-state index in [2.05, 4.69) is 5.16 Å². The van der Waals surface area contributed by atoms with Crippen molar-refractivity contribution < 1.29 is 23.5 Å². The molecule has 0 radical (unpaired) electrons. The minimum atomic E-state index is -0.103. The lowest BCUT2D eigenvalue weighted by molar-refractivity contribution is -0.0582. The van der Waals surface area contributed by atoms with E-state index in [0.29, 0.717) is 30.2 Å². The monoisotopic (exact) mass is 407 g/mol. The van der Waals surface area contributed by atoms with Crippen LogP contribution in [0.5, 0.6) is 5.75 Å². The van der Waals surface area contributed by atoms with E-state index in [0.717, 1.165) is 36.3 Å². The molecule has 0 spiro atoms. The van der Waals surface area contributed by atoms with Gasteiger partial charge in [-0.05, 0) is 49.6 Å². The Morgan fingerprint density at radius 2 is 1.90 bits per heavy atom. The SMILES string of the molecule is CC(=O)c1c(COC2CCCOC2)noc1-c1ccc(OCc2ccccc2)cc1. The number of hydrogen-bond acceptors (Lipinski definition) is 6. The van der Waals surface area contributed by atoms with E-state index in [9.17, 15) is 4.79 Å². The maximum Gasteiger partial charge on any atom is 0.178 e. The third-order valence-electron chi connectivity index (χ3n) is 5.05. The van der Waals surface area contributed by atoms with E-state index in [1.165, 1.54) is 6.92 Å². The van der Waals surface area contributed by atoms with E-state index >= 15 is 0 Å². The Hall–Kier alpha value is -2.96. The minimum Gasteiger partial charge on any atom is -0.489 e. The van der Waals surface area contributed by atoms with E-state index in [1.807, 2.05) is 54.6 Å². The van der Waals surface area contributed by atoms with Gasteiger partial charge >= 0.3 is 0 Å². The second-order valence-corrected chi connectivity index (χ2v) is 7.34. The van der Waals surface area contributed by atoms with Crippen LogP contribution >= 0.6 is 0 Å². The van der Waals surface area contributed by atoms with Gasteiger partial charge in [0.05, 0.1) is 24.9 Å². The highest BCUT2D eigenvalue weighted by Gasteiger charge is 2.23. The van der Waals surface area contributed by atoms with Gasteiger partial charge in [-0.1, -0.05) is 35.5 Å². The largest absolute Gasteiger partial charge is 0.489 e. The lowest BCUT2D eigenvalue weighted by Crippen LogP contribution is -2.25. The second-order valence-electron chi connectivity index (χ2n) is 7.34. The number of benzene rings is 2. The summed E-state index contributed by atoms with van der Waals surface area (Å²) in [5, 5.41) is 4.10. The summed E-state index contributed by atoms with van der Waals surface area (Å²) in [7, 11) is 0. The van der Waals surface area contributed by atoms with Crippen molar-refractivity contribution in [3.63, 3.8) is 0 Å². The normalized spacial score (nSPS) is 16.4. The van der Waals surface area contributed by atoms with Crippen molar-refractivity contribution >= 4 is 5.78 Å². The molecule has 1 aliphatic rings. The summed E-state index contributed by atoms with van der Waals surface area (Å²) >= 11 is 0. The zero-order valence-electron chi connectivity index (χ0n) is 17.0. The number of aromatic nitrogens is 1. The first-order valence-corrected chi connectivity index (χ1v) is 10.2. The third kappa shape index (κ3) is 4.96. The minimum absolute atomic E-state index is 0.0276. The lowest BCUT2D eigenvalue weighted by Gasteiger charge is -2.21. The highest BCUT2D eigenvalue weighted by Crippen LogP contribution is 2.29. The van der Waals surface area contributed by atoms with Crippen molar-refractivity contribution in [3.8, 4) is 17.1 Å². The van der Waals surface area contributed by atoms with Gasteiger partial charge in [0, 0.05) is 12.2 Å². The Bertz CT molecular complexity index is 959. The quantitative estimate of drug-likeness (QED) is 0.499. The number of carbonyl (C=O) groups excluding carboxylic acids is 1. The Morgan fingerprint density at radius 1 is 1.10 bits per heavy atom. The molecule has 1 aliphatic heterocycles. The average Bonchev–Trinajstić information content (AvgIpc) is 3.22. The van der Waals surface area contributed by atoms with Crippen molar-refractivity contribution in [3.05, 3.63) is 71.4 Å². The predicted molar refractivity (Wildman–Crippen MR) is 111 cm³/mol. The van der Waals surface area contributed by atoms with E-state index in [-0.39, 0.29) is 18.5 Å². The summed E-state index contributed by atoms with van der Waals surface area (Å²) in [6, 6.07) is 17.4. The van der Waals surface area contributed by atoms with Gasteiger partial charge in [-0.25, -0.2) is 0 Å². The van der Waals surface area contributed by atoms with E-state index in [4.69, 9.17) is 18.7 Å². The van der Waals surface area contributed by atoms with Crippen LogP contribution in [0.15, 0.2) is 59.1 Å². The first kappa shape index (κ1) is 20.3. The van der Waals surface area contributed by atoms with Crippen molar-refractivity contribution in [2.24, 2.45) is 0 Å². The molecule has 1 unspecified atom stereocenters. The van der Waals surface area contributed by atoms with Gasteiger partial charge in [0.1, 0.15) is 18.1 Å². The molecule has 2 aromatic carbocycles. The maximum atomic E-state index is 12.3. The van der Waals surface area contributed by atoms with Crippen LogP contribution in [0.1, 0.15) is 41.4 Å². The first-order chi connectivity index (χ1) is 14.7. The fourth-order valence-electron chi connectivity index (χ4n) is 3.46. The smallest absolute Gasteiger partial charge is 0.178 e. The predicted octanol–water partition coefficient (Wildman–Crippen LogP) is 4.82. The molecule has 156 valence electrons. The highest BCUT2D eigenvalue weighted by atomic mass is 16.5. The molecule has 2 heterocycles. The average molecular weight is 407 g/mol. The summed E-state index contributed by atoms with van der Waals surface area (Å²) < 4.78 is 22.7. The van der Waals surface area contributed by atoms with Crippen LogP contribution in [0.25, 0.3) is 11.3 Å². The van der Waals surface area contributed by atoms with Crippen molar-refractivity contribution in [2.45, 2.75) is 39.1 Å². The molecule has 0 bridgehead atoms. The fraction of sp³-hybridized carbons (Fsp3) is 0.333. The standard InChI is InChI=1S/C24H25NO5/c1-17(26)23-22(16-29-21-8-5-13-27-15-21)25-30-24(23)19-9-11-20(12-10-19)28-14-18-6-3-2-4-7-18/h2-4,6-7,9-12,21H,5,8,13-16H2,1H3. The van der Waals surface area contributed by atoms with Gasteiger partial charge in [-0.3, -0.25) is 4.79 Å². The van der Waals surface area contributed by atoms with Crippen LogP contribution in [0.4, 0.5) is 0 Å². The number of ketones is 1.